The number of carbonyl (C=O) groups is 1. The van der Waals surface area contributed by atoms with Gasteiger partial charge in [0.25, 0.3) is 5.91 Å². The van der Waals surface area contributed by atoms with Crippen molar-refractivity contribution in [3.8, 4) is 0 Å². The van der Waals surface area contributed by atoms with E-state index in [0.717, 1.165) is 0 Å². The number of amides is 1. The van der Waals surface area contributed by atoms with Gasteiger partial charge in [-0.3, -0.25) is 10.6 Å². The molecule has 0 saturated carbocycles. The first-order valence-electron chi connectivity index (χ1n) is 5.11. The van der Waals surface area contributed by atoms with Crippen molar-refractivity contribution in [2.24, 2.45) is 5.84 Å². The van der Waals surface area contributed by atoms with Crippen molar-refractivity contribution < 1.29 is 9.53 Å². The number of hydrogen-bond acceptors (Lipinski definition) is 5. The van der Waals surface area contributed by atoms with Crippen LogP contribution in [0.15, 0.2) is 18.3 Å². The molecule has 1 aliphatic heterocycles. The zero-order valence-corrected chi connectivity index (χ0v) is 8.85. The number of nitrogen functional groups attached to an aromatic ring is 1. The second-order valence-electron chi connectivity index (χ2n) is 3.48. The van der Waals surface area contributed by atoms with Crippen LogP contribution in [0.2, 0.25) is 0 Å². The molecule has 86 valence electrons. The maximum atomic E-state index is 12.0. The van der Waals surface area contributed by atoms with E-state index in [0.29, 0.717) is 37.7 Å². The van der Waals surface area contributed by atoms with Crippen LogP contribution in [0.3, 0.4) is 0 Å². The molecule has 1 aromatic rings. The second kappa shape index (κ2) is 4.91. The maximum Gasteiger partial charge on any atom is 0.272 e. The van der Waals surface area contributed by atoms with E-state index in [1.54, 1.807) is 17.0 Å². The first kappa shape index (κ1) is 10.8. The largest absolute Gasteiger partial charge is 0.378 e. The van der Waals surface area contributed by atoms with E-state index in [4.69, 9.17) is 10.6 Å². The molecule has 1 aromatic heterocycles. The molecule has 0 bridgehead atoms. The normalized spacial score (nSPS) is 15.9. The molecule has 6 nitrogen and oxygen atoms in total. The van der Waals surface area contributed by atoms with Gasteiger partial charge in [-0.2, -0.15) is 0 Å². The summed E-state index contributed by atoms with van der Waals surface area (Å²) < 4.78 is 5.18. The molecule has 0 spiro atoms. The smallest absolute Gasteiger partial charge is 0.272 e. The summed E-state index contributed by atoms with van der Waals surface area (Å²) in [7, 11) is 0. The van der Waals surface area contributed by atoms with Gasteiger partial charge in [-0.05, 0) is 12.1 Å². The van der Waals surface area contributed by atoms with Crippen LogP contribution < -0.4 is 11.3 Å². The Labute approximate surface area is 93.4 Å². The van der Waals surface area contributed by atoms with E-state index in [1.807, 2.05) is 0 Å². The van der Waals surface area contributed by atoms with Crippen LogP contribution in [0.1, 0.15) is 10.5 Å². The molecule has 6 heteroatoms. The monoisotopic (exact) mass is 222 g/mol. The lowest BCUT2D eigenvalue weighted by molar-refractivity contribution is 0.0299. The summed E-state index contributed by atoms with van der Waals surface area (Å²) in [6.07, 6.45) is 1.54. The number of hydrazine groups is 1. The number of anilines is 1. The summed E-state index contributed by atoms with van der Waals surface area (Å²) in [4.78, 5) is 17.7. The van der Waals surface area contributed by atoms with Crippen molar-refractivity contribution >= 4 is 11.6 Å². The molecule has 16 heavy (non-hydrogen) atoms. The van der Waals surface area contributed by atoms with E-state index in [9.17, 15) is 4.79 Å². The lowest BCUT2D eigenvalue weighted by Gasteiger charge is -2.26. The standard InChI is InChI=1S/C10H14N4O2/c11-13-8-1-2-9(12-7-8)10(15)14-3-5-16-6-4-14/h1-2,7,13H,3-6,11H2. The molecular weight excluding hydrogens is 208 g/mol. The number of morpholine rings is 1. The summed E-state index contributed by atoms with van der Waals surface area (Å²) in [6.45, 7) is 2.43. The van der Waals surface area contributed by atoms with Crippen LogP contribution in [0, 0.1) is 0 Å². The highest BCUT2D eigenvalue weighted by atomic mass is 16.5. The summed E-state index contributed by atoms with van der Waals surface area (Å²) in [6, 6.07) is 3.38. The van der Waals surface area contributed by atoms with Gasteiger partial charge in [0.15, 0.2) is 0 Å². The van der Waals surface area contributed by atoms with Crippen molar-refractivity contribution in [1.29, 1.82) is 0 Å². The number of nitrogens with two attached hydrogens (primary N) is 1. The zero-order valence-electron chi connectivity index (χ0n) is 8.85. The number of nitrogens with one attached hydrogen (secondary N) is 1. The highest BCUT2D eigenvalue weighted by Gasteiger charge is 2.19. The second-order valence-corrected chi connectivity index (χ2v) is 3.48. The van der Waals surface area contributed by atoms with Gasteiger partial charge in [0.2, 0.25) is 0 Å². The average Bonchev–Trinajstić information content (AvgIpc) is 2.39. The van der Waals surface area contributed by atoms with Gasteiger partial charge in [0, 0.05) is 13.1 Å². The fraction of sp³-hybridized carbons (Fsp3) is 0.400. The number of aromatic nitrogens is 1. The number of ether oxygens (including phenoxy) is 1. The van der Waals surface area contributed by atoms with Crippen LogP contribution in [0.5, 0.6) is 0 Å². The quantitative estimate of drug-likeness (QED) is 0.537. The third-order valence-corrected chi connectivity index (χ3v) is 2.45. The van der Waals surface area contributed by atoms with Crippen molar-refractivity contribution in [3.63, 3.8) is 0 Å². The van der Waals surface area contributed by atoms with E-state index in [-0.39, 0.29) is 5.91 Å². The number of pyridine rings is 1. The maximum absolute atomic E-state index is 12.0. The van der Waals surface area contributed by atoms with Gasteiger partial charge >= 0.3 is 0 Å². The summed E-state index contributed by atoms with van der Waals surface area (Å²) in [5.74, 6) is 5.15. The van der Waals surface area contributed by atoms with Gasteiger partial charge in [0.1, 0.15) is 5.69 Å². The van der Waals surface area contributed by atoms with Gasteiger partial charge in [0.05, 0.1) is 25.1 Å². The fourth-order valence-electron chi connectivity index (χ4n) is 1.53. The Morgan fingerprint density at radius 1 is 1.44 bits per heavy atom. The molecule has 0 aliphatic carbocycles. The molecule has 1 saturated heterocycles. The van der Waals surface area contributed by atoms with Crippen molar-refractivity contribution in [2.45, 2.75) is 0 Å². The topological polar surface area (TPSA) is 80.5 Å². The first-order valence-corrected chi connectivity index (χ1v) is 5.11. The minimum atomic E-state index is -0.0631. The lowest BCUT2D eigenvalue weighted by Crippen LogP contribution is -2.41. The zero-order chi connectivity index (χ0) is 11.4. The number of rotatable bonds is 2. The van der Waals surface area contributed by atoms with Gasteiger partial charge in [-0.25, -0.2) is 4.98 Å². The molecule has 1 fully saturated rings. The van der Waals surface area contributed by atoms with E-state index >= 15 is 0 Å². The number of nitrogens with zero attached hydrogens (tertiary/aromatic N) is 2. The van der Waals surface area contributed by atoms with E-state index < -0.39 is 0 Å². The van der Waals surface area contributed by atoms with Crippen LogP contribution in [-0.2, 0) is 4.74 Å². The summed E-state index contributed by atoms with van der Waals surface area (Å²) in [5, 5.41) is 0. The predicted octanol–water partition coefficient (Wildman–Crippen LogP) is -0.160. The molecule has 0 atom stereocenters. The van der Waals surface area contributed by atoms with Gasteiger partial charge < -0.3 is 15.1 Å². The third-order valence-electron chi connectivity index (χ3n) is 2.45. The predicted molar refractivity (Wildman–Crippen MR) is 58.8 cm³/mol. The van der Waals surface area contributed by atoms with Crippen LogP contribution >= 0.6 is 0 Å². The fourth-order valence-corrected chi connectivity index (χ4v) is 1.53. The Hall–Kier alpha value is -1.66. The molecule has 0 unspecified atom stereocenters. The SMILES string of the molecule is NNc1ccc(C(=O)N2CCOCC2)nc1. The van der Waals surface area contributed by atoms with E-state index in [1.165, 1.54) is 6.20 Å². The minimum absolute atomic E-state index is 0.0631. The first-order chi connectivity index (χ1) is 7.81. The van der Waals surface area contributed by atoms with Crippen molar-refractivity contribution in [3.05, 3.63) is 24.0 Å². The van der Waals surface area contributed by atoms with Crippen molar-refractivity contribution in [2.75, 3.05) is 31.7 Å². The minimum Gasteiger partial charge on any atom is -0.378 e. The van der Waals surface area contributed by atoms with Crippen molar-refractivity contribution in [1.82, 2.24) is 9.88 Å². The average molecular weight is 222 g/mol. The van der Waals surface area contributed by atoms with Crippen LogP contribution in [-0.4, -0.2) is 42.1 Å². The number of carbonyl (C=O) groups excluding carboxylic acids is 1. The molecule has 0 radical (unpaired) electrons. The Morgan fingerprint density at radius 3 is 2.75 bits per heavy atom. The van der Waals surface area contributed by atoms with Crippen LogP contribution in [0.25, 0.3) is 0 Å². The summed E-state index contributed by atoms with van der Waals surface area (Å²) >= 11 is 0. The molecule has 2 heterocycles. The molecule has 1 aliphatic rings. The Morgan fingerprint density at radius 2 is 2.19 bits per heavy atom. The Kier molecular flexibility index (Phi) is 3.33. The molecule has 0 aromatic carbocycles. The van der Waals surface area contributed by atoms with E-state index in [2.05, 4.69) is 10.4 Å². The highest BCUT2D eigenvalue weighted by molar-refractivity contribution is 5.92. The van der Waals surface area contributed by atoms with Crippen LogP contribution in [0.4, 0.5) is 5.69 Å². The molecule has 2 rings (SSSR count). The van der Waals surface area contributed by atoms with Gasteiger partial charge in [-0.15, -0.1) is 0 Å². The lowest BCUT2D eigenvalue weighted by atomic mass is 10.3. The Bertz CT molecular complexity index is 360. The third kappa shape index (κ3) is 2.29. The summed E-state index contributed by atoms with van der Waals surface area (Å²) in [5.41, 5.74) is 3.58. The number of hydrogen-bond donors (Lipinski definition) is 2. The molecular formula is C10H14N4O2. The Balaban J connectivity index is 2.07. The highest BCUT2D eigenvalue weighted by Crippen LogP contribution is 2.08. The van der Waals surface area contributed by atoms with Gasteiger partial charge in [-0.1, -0.05) is 0 Å². The molecule has 1 amide bonds. The molecule has 3 N–H and O–H groups in total.